The molecular weight excluding hydrogens is 340 g/mol. The van der Waals surface area contributed by atoms with Gasteiger partial charge in [-0.3, -0.25) is 9.69 Å². The van der Waals surface area contributed by atoms with Gasteiger partial charge in [0, 0.05) is 31.6 Å². The first-order chi connectivity index (χ1) is 12.9. The van der Waals surface area contributed by atoms with Crippen LogP contribution in [0.25, 0.3) is 0 Å². The van der Waals surface area contributed by atoms with Gasteiger partial charge < -0.3 is 14.6 Å². The number of imidazole rings is 1. The second-order valence-electron chi connectivity index (χ2n) is 7.63. The number of aromatic nitrogens is 2. The summed E-state index contributed by atoms with van der Waals surface area (Å²) in [6.07, 6.45) is 2.76. The summed E-state index contributed by atoms with van der Waals surface area (Å²) in [5.41, 5.74) is 3.10. The van der Waals surface area contributed by atoms with Gasteiger partial charge in [0.2, 0.25) is 5.91 Å². The van der Waals surface area contributed by atoms with E-state index in [9.17, 15) is 4.79 Å². The topological polar surface area (TPSA) is 59.4 Å². The van der Waals surface area contributed by atoms with Crippen LogP contribution in [0, 0.1) is 0 Å². The van der Waals surface area contributed by atoms with Gasteiger partial charge in [0.05, 0.1) is 24.8 Å². The van der Waals surface area contributed by atoms with Gasteiger partial charge in [0.1, 0.15) is 11.8 Å². The maximum atomic E-state index is 13.3. The van der Waals surface area contributed by atoms with Crippen molar-refractivity contribution in [1.82, 2.24) is 19.8 Å². The van der Waals surface area contributed by atoms with Crippen LogP contribution in [0.4, 0.5) is 0 Å². The van der Waals surface area contributed by atoms with Gasteiger partial charge in [0.25, 0.3) is 0 Å². The summed E-state index contributed by atoms with van der Waals surface area (Å²) in [6, 6.07) is 8.01. The zero-order chi connectivity index (χ0) is 19.6. The predicted octanol–water partition coefficient (Wildman–Crippen LogP) is 3.10. The number of amides is 1. The second kappa shape index (κ2) is 8.13. The zero-order valence-corrected chi connectivity index (χ0v) is 16.9. The highest BCUT2D eigenvalue weighted by Crippen LogP contribution is 2.32. The van der Waals surface area contributed by atoms with Gasteiger partial charge in [-0.2, -0.15) is 0 Å². The Bertz CT molecular complexity index is 797. The van der Waals surface area contributed by atoms with Crippen LogP contribution in [0.3, 0.4) is 0 Å². The Kier molecular flexibility index (Phi) is 5.85. The Morgan fingerprint density at radius 1 is 1.30 bits per heavy atom. The van der Waals surface area contributed by atoms with Crippen LogP contribution in [0.5, 0.6) is 5.75 Å². The quantitative estimate of drug-likeness (QED) is 0.849. The Balaban J connectivity index is 1.85. The normalized spacial score (nSPS) is 17.2. The molecule has 1 aromatic heterocycles. The van der Waals surface area contributed by atoms with Gasteiger partial charge in [-0.25, -0.2) is 4.98 Å². The molecule has 2 aromatic rings. The van der Waals surface area contributed by atoms with Crippen molar-refractivity contribution in [2.45, 2.75) is 58.8 Å². The molecule has 1 atom stereocenters. The number of nitrogens with one attached hydrogen (secondary N) is 1. The van der Waals surface area contributed by atoms with Crippen molar-refractivity contribution < 1.29 is 9.53 Å². The molecule has 1 amide bonds. The molecule has 2 heterocycles. The first-order valence-electron chi connectivity index (χ1n) is 9.64. The molecule has 6 nitrogen and oxygen atoms in total. The van der Waals surface area contributed by atoms with Crippen LogP contribution in [0.2, 0.25) is 0 Å². The molecule has 1 unspecified atom stereocenters. The van der Waals surface area contributed by atoms with Crippen molar-refractivity contribution in [1.29, 1.82) is 0 Å². The average Bonchev–Trinajstić information content (AvgIpc) is 3.09. The van der Waals surface area contributed by atoms with Crippen LogP contribution in [-0.2, 0) is 17.8 Å². The number of hydrogen-bond donors (Lipinski definition) is 1. The Labute approximate surface area is 161 Å². The first kappa shape index (κ1) is 19.4. The van der Waals surface area contributed by atoms with Crippen molar-refractivity contribution >= 4 is 5.91 Å². The molecule has 0 spiro atoms. The van der Waals surface area contributed by atoms with Crippen molar-refractivity contribution in [2.75, 3.05) is 13.7 Å². The van der Waals surface area contributed by atoms with Crippen molar-refractivity contribution in [3.63, 3.8) is 0 Å². The molecule has 1 aliphatic rings. The number of methoxy groups -OCH3 is 1. The van der Waals surface area contributed by atoms with E-state index in [0.29, 0.717) is 6.54 Å². The van der Waals surface area contributed by atoms with E-state index < -0.39 is 0 Å². The van der Waals surface area contributed by atoms with E-state index in [-0.39, 0.29) is 24.0 Å². The summed E-state index contributed by atoms with van der Waals surface area (Å²) in [5, 5.41) is 3.12. The van der Waals surface area contributed by atoms with Gasteiger partial charge in [-0.1, -0.05) is 12.1 Å². The lowest BCUT2D eigenvalue weighted by molar-refractivity contribution is -0.128. The van der Waals surface area contributed by atoms with Crippen molar-refractivity contribution in [3.8, 4) is 5.75 Å². The summed E-state index contributed by atoms with van der Waals surface area (Å²) in [6.45, 7) is 9.86. The Hall–Kier alpha value is -2.34. The van der Waals surface area contributed by atoms with Gasteiger partial charge in [0.15, 0.2) is 0 Å². The molecule has 6 heteroatoms. The van der Waals surface area contributed by atoms with E-state index in [1.54, 1.807) is 7.11 Å². The van der Waals surface area contributed by atoms with Crippen LogP contribution in [0.1, 0.15) is 56.7 Å². The number of ether oxygens (including phenoxy) is 1. The number of fused-ring (bicyclic) bond motifs is 1. The van der Waals surface area contributed by atoms with E-state index in [1.165, 1.54) is 0 Å². The zero-order valence-electron chi connectivity index (χ0n) is 16.9. The van der Waals surface area contributed by atoms with E-state index >= 15 is 0 Å². The fraction of sp³-hybridized carbons (Fsp3) is 0.524. The number of rotatable bonds is 6. The van der Waals surface area contributed by atoms with Crippen LogP contribution >= 0.6 is 0 Å². The van der Waals surface area contributed by atoms with Gasteiger partial charge in [-0.05, 0) is 45.4 Å². The second-order valence-corrected chi connectivity index (χ2v) is 7.63. The number of hydrogen-bond acceptors (Lipinski definition) is 4. The van der Waals surface area contributed by atoms with E-state index in [4.69, 9.17) is 4.74 Å². The molecule has 146 valence electrons. The highest BCUT2D eigenvalue weighted by atomic mass is 16.5. The molecule has 1 aromatic carbocycles. The third-order valence-electron chi connectivity index (χ3n) is 5.18. The smallest absolute Gasteiger partial charge is 0.243 e. The number of benzene rings is 1. The van der Waals surface area contributed by atoms with Gasteiger partial charge in [-0.15, -0.1) is 0 Å². The molecule has 1 aliphatic heterocycles. The Morgan fingerprint density at radius 3 is 2.74 bits per heavy atom. The Morgan fingerprint density at radius 2 is 2.07 bits per heavy atom. The summed E-state index contributed by atoms with van der Waals surface area (Å²) < 4.78 is 7.41. The highest BCUT2D eigenvalue weighted by molar-refractivity contribution is 5.83. The molecule has 0 saturated carbocycles. The number of nitrogens with zero attached hydrogens (tertiary/aromatic N) is 3. The standard InChI is InChI=1S/C21H30N4O2/c1-14(2)24-10-9-18-19(25(13-23-18)15(3)4)20(24)21(26)22-12-16-7-6-8-17(11-16)27-5/h6-8,11,13-15,20H,9-10,12H2,1-5H3,(H,22,26). The fourth-order valence-corrected chi connectivity index (χ4v) is 3.73. The molecule has 27 heavy (non-hydrogen) atoms. The summed E-state index contributed by atoms with van der Waals surface area (Å²) in [4.78, 5) is 20.1. The van der Waals surface area contributed by atoms with Crippen molar-refractivity contribution in [2.24, 2.45) is 0 Å². The molecule has 0 fully saturated rings. The lowest BCUT2D eigenvalue weighted by atomic mass is 9.99. The van der Waals surface area contributed by atoms with E-state index in [2.05, 4.69) is 47.5 Å². The van der Waals surface area contributed by atoms with Crippen LogP contribution in [0.15, 0.2) is 30.6 Å². The van der Waals surface area contributed by atoms with E-state index in [1.807, 2.05) is 30.6 Å². The third kappa shape index (κ3) is 4.00. The lowest BCUT2D eigenvalue weighted by Gasteiger charge is -2.38. The fourth-order valence-electron chi connectivity index (χ4n) is 3.73. The minimum Gasteiger partial charge on any atom is -0.497 e. The molecular formula is C21H30N4O2. The molecule has 0 bridgehead atoms. The third-order valence-corrected chi connectivity index (χ3v) is 5.18. The summed E-state index contributed by atoms with van der Waals surface area (Å²) in [5.74, 6) is 0.818. The van der Waals surface area contributed by atoms with Crippen LogP contribution < -0.4 is 10.1 Å². The van der Waals surface area contributed by atoms with Crippen molar-refractivity contribution in [3.05, 3.63) is 47.5 Å². The number of carbonyl (C=O) groups is 1. The predicted molar refractivity (Wildman–Crippen MR) is 106 cm³/mol. The van der Waals surface area contributed by atoms with Gasteiger partial charge >= 0.3 is 0 Å². The monoisotopic (exact) mass is 370 g/mol. The van der Waals surface area contributed by atoms with E-state index in [0.717, 1.165) is 35.7 Å². The highest BCUT2D eigenvalue weighted by Gasteiger charge is 2.37. The summed E-state index contributed by atoms with van der Waals surface area (Å²) in [7, 11) is 1.65. The molecule has 3 rings (SSSR count). The number of carbonyl (C=O) groups excluding carboxylic acids is 1. The molecule has 0 radical (unpaired) electrons. The average molecular weight is 370 g/mol. The molecule has 0 aliphatic carbocycles. The lowest BCUT2D eigenvalue weighted by Crippen LogP contribution is -2.48. The SMILES string of the molecule is COc1cccc(CNC(=O)C2c3c(ncn3C(C)C)CCN2C(C)C)c1. The largest absolute Gasteiger partial charge is 0.497 e. The maximum Gasteiger partial charge on any atom is 0.243 e. The minimum atomic E-state index is -0.316. The molecule has 0 saturated heterocycles. The summed E-state index contributed by atoms with van der Waals surface area (Å²) >= 11 is 0. The minimum absolute atomic E-state index is 0.0230. The van der Waals surface area contributed by atoms with Crippen LogP contribution in [-0.4, -0.2) is 40.1 Å². The molecule has 1 N–H and O–H groups in total. The first-order valence-corrected chi connectivity index (χ1v) is 9.64. The maximum absolute atomic E-state index is 13.3.